The normalized spacial score (nSPS) is 17.5. The van der Waals surface area contributed by atoms with Gasteiger partial charge >= 0.3 is 0 Å². The molecule has 0 fully saturated rings. The molecule has 1 aliphatic heterocycles. The van der Waals surface area contributed by atoms with Crippen LogP contribution in [0.2, 0.25) is 5.02 Å². The lowest BCUT2D eigenvalue weighted by Gasteiger charge is -2.27. The van der Waals surface area contributed by atoms with Crippen LogP contribution in [0.3, 0.4) is 0 Å². The maximum Gasteiger partial charge on any atom is 0.189 e. The molecule has 5 nitrogen and oxygen atoms in total. The average molecular weight is 488 g/mol. The van der Waals surface area contributed by atoms with Crippen molar-refractivity contribution in [2.45, 2.75) is 18.6 Å². The third-order valence-electron chi connectivity index (χ3n) is 4.24. The highest BCUT2D eigenvalue weighted by molar-refractivity contribution is 14.0. The van der Waals surface area contributed by atoms with Crippen molar-refractivity contribution in [3.05, 3.63) is 64.7 Å². The van der Waals surface area contributed by atoms with E-state index >= 15 is 0 Å². The fourth-order valence-corrected chi connectivity index (χ4v) is 3.19. The van der Waals surface area contributed by atoms with Crippen LogP contribution in [-0.2, 0) is 4.74 Å². The molecule has 0 amide bonds. The zero-order valence-electron chi connectivity index (χ0n) is 14.5. The summed E-state index contributed by atoms with van der Waals surface area (Å²) >= 11 is 6.24. The third kappa shape index (κ3) is 5.02. The van der Waals surface area contributed by atoms with Gasteiger partial charge in [-0.1, -0.05) is 48.0 Å². The molecule has 26 heavy (non-hydrogen) atoms. The van der Waals surface area contributed by atoms with Gasteiger partial charge in [-0.2, -0.15) is 0 Å². The first-order chi connectivity index (χ1) is 12.2. The molecule has 1 aliphatic rings. The zero-order chi connectivity index (χ0) is 17.6. The number of halogens is 2. The number of nitrogens with two attached hydrogens (primary N) is 1. The Labute approximate surface area is 175 Å². The monoisotopic (exact) mass is 487 g/mol. The summed E-state index contributed by atoms with van der Waals surface area (Å²) in [4.78, 5) is 4.44. The second-order valence-electron chi connectivity index (χ2n) is 5.84. The number of fused-ring (bicyclic) bond motifs is 1. The highest BCUT2D eigenvalue weighted by atomic mass is 127. The van der Waals surface area contributed by atoms with Gasteiger partial charge in [-0.05, 0) is 12.1 Å². The van der Waals surface area contributed by atoms with Gasteiger partial charge in [0.05, 0.1) is 19.2 Å². The van der Waals surface area contributed by atoms with Crippen molar-refractivity contribution in [1.29, 1.82) is 0 Å². The van der Waals surface area contributed by atoms with Gasteiger partial charge in [-0.15, -0.1) is 24.0 Å². The Balaban J connectivity index is 0.00000243. The van der Waals surface area contributed by atoms with Crippen molar-refractivity contribution >= 4 is 41.5 Å². The van der Waals surface area contributed by atoms with Crippen molar-refractivity contribution in [3.8, 4) is 5.75 Å². The summed E-state index contributed by atoms with van der Waals surface area (Å²) in [6, 6.07) is 15.7. The van der Waals surface area contributed by atoms with E-state index in [4.69, 9.17) is 26.8 Å². The molecule has 0 spiro atoms. The molecule has 0 aromatic heterocycles. The lowest BCUT2D eigenvalue weighted by atomic mass is 10.0. The van der Waals surface area contributed by atoms with E-state index < -0.39 is 0 Å². The van der Waals surface area contributed by atoms with Gasteiger partial charge in [0.2, 0.25) is 0 Å². The molecule has 0 radical (unpaired) electrons. The van der Waals surface area contributed by atoms with Crippen LogP contribution in [0.4, 0.5) is 0 Å². The average Bonchev–Trinajstić information content (AvgIpc) is 2.64. The molecule has 140 valence electrons. The molecular formula is C19H23ClIN3O2. The highest BCUT2D eigenvalue weighted by Crippen LogP contribution is 2.31. The van der Waals surface area contributed by atoms with Crippen LogP contribution in [0, 0.1) is 0 Å². The van der Waals surface area contributed by atoms with Gasteiger partial charge in [0, 0.05) is 29.7 Å². The fourth-order valence-electron chi connectivity index (χ4n) is 2.93. The standard InChI is InChI=1S/C19H22ClN3O2.HI/c1-24-18(13-6-2-4-8-15(13)20)12-22-19(21)23-16-10-11-25-17-9-5-3-7-14(16)17;/h2-9,16,18H,10-12H2,1H3,(H3,21,22,23);1H. The smallest absolute Gasteiger partial charge is 0.189 e. The van der Waals surface area contributed by atoms with E-state index in [1.165, 1.54) is 0 Å². The van der Waals surface area contributed by atoms with Crippen LogP contribution in [0.25, 0.3) is 0 Å². The number of guanidine groups is 1. The van der Waals surface area contributed by atoms with E-state index in [9.17, 15) is 0 Å². The predicted molar refractivity (Wildman–Crippen MR) is 116 cm³/mol. The first-order valence-electron chi connectivity index (χ1n) is 8.24. The van der Waals surface area contributed by atoms with Crippen LogP contribution in [0.5, 0.6) is 5.75 Å². The van der Waals surface area contributed by atoms with Gasteiger partial charge in [0.25, 0.3) is 0 Å². The first-order valence-corrected chi connectivity index (χ1v) is 8.62. The quantitative estimate of drug-likeness (QED) is 0.379. The molecule has 0 saturated heterocycles. The van der Waals surface area contributed by atoms with Crippen molar-refractivity contribution < 1.29 is 9.47 Å². The minimum atomic E-state index is -0.240. The molecule has 1 heterocycles. The van der Waals surface area contributed by atoms with E-state index in [1.54, 1.807) is 7.11 Å². The Morgan fingerprint density at radius 1 is 1.31 bits per heavy atom. The Kier molecular flexibility index (Phi) is 7.99. The SMILES string of the molecule is COC(CN=C(N)NC1CCOc2ccccc21)c1ccccc1Cl.I. The summed E-state index contributed by atoms with van der Waals surface area (Å²) in [5.41, 5.74) is 8.09. The predicted octanol–water partition coefficient (Wildman–Crippen LogP) is 4.07. The molecule has 0 saturated carbocycles. The number of para-hydroxylation sites is 1. The second-order valence-corrected chi connectivity index (χ2v) is 6.25. The molecule has 7 heteroatoms. The molecule has 2 aromatic carbocycles. The van der Waals surface area contributed by atoms with Crippen LogP contribution >= 0.6 is 35.6 Å². The number of rotatable bonds is 5. The summed E-state index contributed by atoms with van der Waals surface area (Å²) in [5, 5.41) is 3.94. The van der Waals surface area contributed by atoms with Crippen molar-refractivity contribution in [1.82, 2.24) is 5.32 Å². The lowest BCUT2D eigenvalue weighted by Crippen LogP contribution is -2.37. The van der Waals surface area contributed by atoms with Crippen LogP contribution in [-0.4, -0.2) is 26.2 Å². The zero-order valence-corrected chi connectivity index (χ0v) is 17.6. The summed E-state index contributed by atoms with van der Waals surface area (Å²) < 4.78 is 11.2. The van der Waals surface area contributed by atoms with Gasteiger partial charge in [0.1, 0.15) is 11.9 Å². The highest BCUT2D eigenvalue weighted by Gasteiger charge is 2.21. The van der Waals surface area contributed by atoms with Crippen LogP contribution < -0.4 is 15.8 Å². The summed E-state index contributed by atoms with van der Waals surface area (Å²) in [6.07, 6.45) is 0.599. The molecule has 3 rings (SSSR count). The van der Waals surface area contributed by atoms with Gasteiger partial charge in [-0.25, -0.2) is 0 Å². The van der Waals surface area contributed by atoms with E-state index in [2.05, 4.69) is 10.3 Å². The number of hydrogen-bond acceptors (Lipinski definition) is 3. The first kappa shape index (κ1) is 20.8. The molecule has 2 atom stereocenters. The largest absolute Gasteiger partial charge is 0.493 e. The Morgan fingerprint density at radius 3 is 2.81 bits per heavy atom. The van der Waals surface area contributed by atoms with Crippen molar-refractivity contribution in [3.63, 3.8) is 0 Å². The fraction of sp³-hybridized carbons (Fsp3) is 0.316. The lowest BCUT2D eigenvalue weighted by molar-refractivity contribution is 0.111. The van der Waals surface area contributed by atoms with E-state index in [-0.39, 0.29) is 36.1 Å². The van der Waals surface area contributed by atoms with Crippen LogP contribution in [0.1, 0.15) is 29.7 Å². The number of aliphatic imine (C=N–C) groups is 1. The minimum Gasteiger partial charge on any atom is -0.493 e. The number of benzene rings is 2. The Hall–Kier alpha value is -1.51. The molecule has 2 aromatic rings. The maximum atomic E-state index is 6.24. The summed E-state index contributed by atoms with van der Waals surface area (Å²) in [5.74, 6) is 1.28. The Bertz CT molecular complexity index is 757. The number of nitrogens with zero attached hydrogens (tertiary/aromatic N) is 1. The number of ether oxygens (including phenoxy) is 2. The molecule has 0 bridgehead atoms. The van der Waals surface area contributed by atoms with Gasteiger partial charge < -0.3 is 20.5 Å². The van der Waals surface area contributed by atoms with Crippen molar-refractivity contribution in [2.75, 3.05) is 20.3 Å². The number of methoxy groups -OCH3 is 1. The second kappa shape index (κ2) is 9.99. The molecular weight excluding hydrogens is 465 g/mol. The number of nitrogens with one attached hydrogen (secondary N) is 1. The molecule has 2 unspecified atom stereocenters. The Morgan fingerprint density at radius 2 is 2.04 bits per heavy atom. The molecule has 3 N–H and O–H groups in total. The van der Waals surface area contributed by atoms with E-state index in [0.717, 1.165) is 23.3 Å². The number of hydrogen-bond donors (Lipinski definition) is 2. The third-order valence-corrected chi connectivity index (χ3v) is 4.59. The minimum absolute atomic E-state index is 0. The van der Waals surface area contributed by atoms with Gasteiger partial charge in [0.15, 0.2) is 5.96 Å². The molecule has 0 aliphatic carbocycles. The van der Waals surface area contributed by atoms with Crippen LogP contribution in [0.15, 0.2) is 53.5 Å². The van der Waals surface area contributed by atoms with Gasteiger partial charge in [-0.3, -0.25) is 4.99 Å². The maximum absolute atomic E-state index is 6.24. The van der Waals surface area contributed by atoms with E-state index in [0.29, 0.717) is 24.1 Å². The topological polar surface area (TPSA) is 68.9 Å². The van der Waals surface area contributed by atoms with Crippen molar-refractivity contribution in [2.24, 2.45) is 10.7 Å². The van der Waals surface area contributed by atoms with E-state index in [1.807, 2.05) is 48.5 Å². The summed E-state index contributed by atoms with van der Waals surface area (Å²) in [7, 11) is 1.64. The summed E-state index contributed by atoms with van der Waals surface area (Å²) in [6.45, 7) is 1.05.